The van der Waals surface area contributed by atoms with Gasteiger partial charge in [-0.3, -0.25) is 9.48 Å². The lowest BCUT2D eigenvalue weighted by Crippen LogP contribution is -2.34. The summed E-state index contributed by atoms with van der Waals surface area (Å²) in [6, 6.07) is 2.18. The number of likely N-dealkylation sites (tertiary alicyclic amines) is 1. The van der Waals surface area contributed by atoms with Gasteiger partial charge in [0.05, 0.1) is 5.69 Å². The van der Waals surface area contributed by atoms with E-state index in [9.17, 15) is 4.79 Å². The number of hydrogen-bond donors (Lipinski definition) is 1. The van der Waals surface area contributed by atoms with Crippen molar-refractivity contribution in [3.8, 4) is 0 Å². The molecule has 2 heterocycles. The van der Waals surface area contributed by atoms with E-state index in [-0.39, 0.29) is 11.9 Å². The number of nitrogens with two attached hydrogens (primary N) is 1. The summed E-state index contributed by atoms with van der Waals surface area (Å²) >= 11 is 0. The maximum atomic E-state index is 12.7. The van der Waals surface area contributed by atoms with Crippen molar-refractivity contribution in [1.29, 1.82) is 0 Å². The van der Waals surface area contributed by atoms with Gasteiger partial charge in [0.1, 0.15) is 5.69 Å². The van der Waals surface area contributed by atoms with Crippen molar-refractivity contribution in [3.63, 3.8) is 0 Å². The van der Waals surface area contributed by atoms with Crippen molar-refractivity contribution < 1.29 is 4.79 Å². The first kappa shape index (κ1) is 15.0. The molecule has 1 saturated heterocycles. The number of amides is 1. The highest BCUT2D eigenvalue weighted by Gasteiger charge is 2.23. The maximum Gasteiger partial charge on any atom is 0.272 e. The summed E-state index contributed by atoms with van der Waals surface area (Å²) in [5, 5.41) is 4.53. The summed E-state index contributed by atoms with van der Waals surface area (Å²) in [6.45, 7) is 8.50. The van der Waals surface area contributed by atoms with E-state index in [1.807, 2.05) is 22.6 Å². The molecule has 2 rings (SSSR count). The minimum atomic E-state index is 0.0975. The Bertz CT molecular complexity index is 466. The van der Waals surface area contributed by atoms with Crippen LogP contribution < -0.4 is 5.73 Å². The summed E-state index contributed by atoms with van der Waals surface area (Å²) in [5.74, 6) is 0.437. The molecule has 1 aliphatic heterocycles. The van der Waals surface area contributed by atoms with Gasteiger partial charge in [0.2, 0.25) is 0 Å². The van der Waals surface area contributed by atoms with Crippen LogP contribution in [0.15, 0.2) is 6.07 Å². The molecule has 20 heavy (non-hydrogen) atoms. The predicted molar refractivity (Wildman–Crippen MR) is 79.7 cm³/mol. The topological polar surface area (TPSA) is 64.2 Å². The highest BCUT2D eigenvalue weighted by molar-refractivity contribution is 5.92. The first-order valence-electron chi connectivity index (χ1n) is 7.65. The van der Waals surface area contributed by atoms with Gasteiger partial charge in [-0.1, -0.05) is 13.8 Å². The van der Waals surface area contributed by atoms with Gasteiger partial charge in [-0.15, -0.1) is 0 Å². The van der Waals surface area contributed by atoms with Gasteiger partial charge in [-0.05, 0) is 38.2 Å². The minimum absolute atomic E-state index is 0.0975. The average molecular weight is 278 g/mol. The van der Waals surface area contributed by atoms with Crippen LogP contribution in [-0.4, -0.2) is 39.7 Å². The molecule has 0 aromatic carbocycles. The minimum Gasteiger partial charge on any atom is -0.337 e. The second-order valence-electron chi connectivity index (χ2n) is 5.91. The molecule has 0 saturated carbocycles. The van der Waals surface area contributed by atoms with Gasteiger partial charge in [-0.2, -0.15) is 5.10 Å². The van der Waals surface area contributed by atoms with E-state index in [1.54, 1.807) is 0 Å². The number of carbonyl (C=O) groups excluding carboxylic acids is 1. The third kappa shape index (κ3) is 3.20. The van der Waals surface area contributed by atoms with E-state index in [0.29, 0.717) is 11.6 Å². The van der Waals surface area contributed by atoms with E-state index >= 15 is 0 Å². The van der Waals surface area contributed by atoms with Gasteiger partial charge < -0.3 is 10.6 Å². The zero-order valence-corrected chi connectivity index (χ0v) is 12.8. The van der Waals surface area contributed by atoms with Gasteiger partial charge >= 0.3 is 0 Å². The van der Waals surface area contributed by atoms with Crippen LogP contribution in [0.25, 0.3) is 0 Å². The Morgan fingerprint density at radius 3 is 2.85 bits per heavy atom. The van der Waals surface area contributed by atoms with Gasteiger partial charge in [-0.25, -0.2) is 0 Å². The summed E-state index contributed by atoms with van der Waals surface area (Å²) in [6.07, 6.45) is 2.89. The number of hydrogen-bond acceptors (Lipinski definition) is 3. The summed E-state index contributed by atoms with van der Waals surface area (Å²) in [4.78, 5) is 14.6. The molecule has 1 atom stereocenters. The fourth-order valence-corrected chi connectivity index (χ4v) is 2.62. The monoisotopic (exact) mass is 278 g/mol. The molecule has 1 aromatic heterocycles. The molecule has 5 nitrogen and oxygen atoms in total. The maximum absolute atomic E-state index is 12.7. The van der Waals surface area contributed by atoms with Crippen molar-refractivity contribution in [1.82, 2.24) is 14.7 Å². The second-order valence-corrected chi connectivity index (χ2v) is 5.91. The van der Waals surface area contributed by atoms with Crippen LogP contribution in [0, 0.1) is 0 Å². The molecule has 1 amide bonds. The first-order valence-corrected chi connectivity index (χ1v) is 7.65. The highest BCUT2D eigenvalue weighted by atomic mass is 16.2. The number of carbonyl (C=O) groups is 1. The second kappa shape index (κ2) is 6.39. The van der Waals surface area contributed by atoms with E-state index in [4.69, 9.17) is 5.73 Å². The lowest BCUT2D eigenvalue weighted by Gasteiger charge is -2.20. The quantitative estimate of drug-likeness (QED) is 0.919. The molecule has 1 fully saturated rings. The fraction of sp³-hybridized carbons (Fsp3) is 0.733. The Morgan fingerprint density at radius 2 is 2.20 bits per heavy atom. The molecule has 0 unspecified atom stereocenters. The van der Waals surface area contributed by atoms with Crippen molar-refractivity contribution in [3.05, 3.63) is 17.5 Å². The van der Waals surface area contributed by atoms with Crippen molar-refractivity contribution in [2.75, 3.05) is 13.1 Å². The predicted octanol–water partition coefficient (Wildman–Crippen LogP) is 1.98. The van der Waals surface area contributed by atoms with Crippen LogP contribution in [0.3, 0.4) is 0 Å². The lowest BCUT2D eigenvalue weighted by molar-refractivity contribution is 0.0749. The average Bonchev–Trinajstić information content (AvgIpc) is 2.74. The Hall–Kier alpha value is -1.36. The SMILES string of the molecule is CCn1nc(C(C)C)cc1C(=O)N1CCC[C@@H](N)CC1. The zero-order valence-electron chi connectivity index (χ0n) is 12.8. The van der Waals surface area contributed by atoms with Crippen LogP contribution in [0.4, 0.5) is 0 Å². The van der Waals surface area contributed by atoms with Crippen LogP contribution >= 0.6 is 0 Å². The van der Waals surface area contributed by atoms with E-state index in [2.05, 4.69) is 18.9 Å². The number of aryl methyl sites for hydroxylation is 1. The number of nitrogens with zero attached hydrogens (tertiary/aromatic N) is 3. The summed E-state index contributed by atoms with van der Waals surface area (Å²) in [5.41, 5.74) is 7.68. The van der Waals surface area contributed by atoms with E-state index in [1.165, 1.54) is 0 Å². The molecule has 1 aliphatic rings. The standard InChI is InChI=1S/C15H26N4O/c1-4-19-14(10-13(17-19)11(2)3)15(20)18-8-5-6-12(16)7-9-18/h10-12H,4-9,16H2,1-3H3/t12-/m1/s1. The number of aromatic nitrogens is 2. The van der Waals surface area contributed by atoms with Crippen LogP contribution in [-0.2, 0) is 6.54 Å². The third-order valence-electron chi connectivity index (χ3n) is 3.97. The molecule has 0 spiro atoms. The summed E-state index contributed by atoms with van der Waals surface area (Å²) in [7, 11) is 0. The molecule has 0 aliphatic carbocycles. The zero-order chi connectivity index (χ0) is 14.7. The smallest absolute Gasteiger partial charge is 0.272 e. The molecule has 2 N–H and O–H groups in total. The van der Waals surface area contributed by atoms with Crippen molar-refractivity contribution in [2.24, 2.45) is 5.73 Å². The Labute approximate surface area is 121 Å². The van der Waals surface area contributed by atoms with E-state index < -0.39 is 0 Å². The van der Waals surface area contributed by atoms with Gasteiger partial charge in [0.15, 0.2) is 0 Å². The van der Waals surface area contributed by atoms with Gasteiger partial charge in [0, 0.05) is 25.7 Å². The van der Waals surface area contributed by atoms with Crippen molar-refractivity contribution >= 4 is 5.91 Å². The molecule has 0 bridgehead atoms. The molecular formula is C15H26N4O. The third-order valence-corrected chi connectivity index (χ3v) is 3.97. The molecule has 0 radical (unpaired) electrons. The van der Waals surface area contributed by atoms with E-state index in [0.717, 1.165) is 44.6 Å². The normalized spacial score (nSPS) is 20.2. The molecule has 112 valence electrons. The lowest BCUT2D eigenvalue weighted by atomic mass is 10.1. The van der Waals surface area contributed by atoms with Crippen LogP contribution in [0.2, 0.25) is 0 Å². The van der Waals surface area contributed by atoms with Crippen molar-refractivity contribution in [2.45, 2.75) is 58.5 Å². The number of rotatable bonds is 3. The largest absolute Gasteiger partial charge is 0.337 e. The highest BCUT2D eigenvalue weighted by Crippen LogP contribution is 2.18. The Morgan fingerprint density at radius 1 is 1.45 bits per heavy atom. The summed E-state index contributed by atoms with van der Waals surface area (Å²) < 4.78 is 1.82. The Balaban J connectivity index is 2.19. The molecule has 1 aromatic rings. The molecular weight excluding hydrogens is 252 g/mol. The van der Waals surface area contributed by atoms with Crippen LogP contribution in [0.5, 0.6) is 0 Å². The Kier molecular flexibility index (Phi) is 4.81. The van der Waals surface area contributed by atoms with Crippen LogP contribution in [0.1, 0.15) is 62.1 Å². The molecule has 5 heteroatoms. The fourth-order valence-electron chi connectivity index (χ4n) is 2.62. The van der Waals surface area contributed by atoms with Gasteiger partial charge in [0.25, 0.3) is 5.91 Å². The first-order chi connectivity index (χ1) is 9.52.